The van der Waals surface area contributed by atoms with E-state index in [9.17, 15) is 13.2 Å². The van der Waals surface area contributed by atoms with Crippen LogP contribution in [0.2, 0.25) is 15.1 Å². The van der Waals surface area contributed by atoms with Crippen molar-refractivity contribution in [1.29, 1.82) is 5.26 Å². The minimum Gasteiger partial charge on any atom is -0.243 e. The number of alkyl halides is 3. The number of pyridine rings is 1. The molecule has 0 bridgehead atoms. The fourth-order valence-electron chi connectivity index (χ4n) is 1.83. The van der Waals surface area contributed by atoms with Crippen molar-refractivity contribution in [3.63, 3.8) is 0 Å². The van der Waals surface area contributed by atoms with Crippen molar-refractivity contribution < 1.29 is 13.2 Å². The van der Waals surface area contributed by atoms with Gasteiger partial charge in [-0.25, -0.2) is 4.98 Å². The molecule has 0 fully saturated rings. The maximum absolute atomic E-state index is 12.9. The van der Waals surface area contributed by atoms with E-state index in [0.29, 0.717) is 0 Å². The summed E-state index contributed by atoms with van der Waals surface area (Å²) in [5, 5.41) is 9.03. The highest BCUT2D eigenvalue weighted by atomic mass is 35.5. The Morgan fingerprint density at radius 3 is 2.27 bits per heavy atom. The van der Waals surface area contributed by atoms with Crippen molar-refractivity contribution in [3.8, 4) is 17.3 Å². The smallest absolute Gasteiger partial charge is 0.243 e. The number of hydrogen-bond acceptors (Lipinski definition) is 2. The summed E-state index contributed by atoms with van der Waals surface area (Å²) in [5.74, 6) is 0. The summed E-state index contributed by atoms with van der Waals surface area (Å²) in [6.45, 7) is 0. The average Bonchev–Trinajstić information content (AvgIpc) is 2.44. The molecule has 1 aromatic carbocycles. The van der Waals surface area contributed by atoms with E-state index in [1.165, 1.54) is 18.2 Å². The molecular formula is C14H6Cl3F3N2. The molecule has 0 spiro atoms. The van der Waals surface area contributed by atoms with Crippen molar-refractivity contribution in [2.24, 2.45) is 0 Å². The first-order valence-electron chi connectivity index (χ1n) is 5.83. The summed E-state index contributed by atoms with van der Waals surface area (Å²) in [4.78, 5) is 3.59. The molecule has 2 aromatic rings. The van der Waals surface area contributed by atoms with Gasteiger partial charge in [-0.15, -0.1) is 0 Å². The molecule has 0 saturated carbocycles. The van der Waals surface area contributed by atoms with Crippen molar-refractivity contribution in [3.05, 3.63) is 50.6 Å². The number of nitrogens with zero attached hydrogens (tertiary/aromatic N) is 2. The van der Waals surface area contributed by atoms with Gasteiger partial charge in [0.25, 0.3) is 0 Å². The first-order valence-corrected chi connectivity index (χ1v) is 6.97. The van der Waals surface area contributed by atoms with Gasteiger partial charge in [0.1, 0.15) is 5.69 Å². The Bertz CT molecular complexity index is 767. The van der Waals surface area contributed by atoms with E-state index in [1.807, 2.05) is 6.07 Å². The standard InChI is InChI=1S/C14H6Cl3F3N2/c15-8-2-3-9(16)12(17)11(8)13-7(5-6-21)1-4-10(22-13)14(18,19)20/h1-4H,5H2. The molecule has 0 atom stereocenters. The summed E-state index contributed by atoms with van der Waals surface area (Å²) in [5.41, 5.74) is -0.848. The number of nitriles is 1. The Hall–Kier alpha value is -1.48. The van der Waals surface area contributed by atoms with Crippen LogP contribution in [0.3, 0.4) is 0 Å². The zero-order valence-corrected chi connectivity index (χ0v) is 12.9. The minimum atomic E-state index is -4.63. The summed E-state index contributed by atoms with van der Waals surface area (Å²) >= 11 is 18.0. The molecule has 0 saturated heterocycles. The molecule has 2 rings (SSSR count). The molecule has 0 amide bonds. The van der Waals surface area contributed by atoms with Gasteiger partial charge in [-0.05, 0) is 23.8 Å². The highest BCUT2D eigenvalue weighted by molar-refractivity contribution is 6.46. The minimum absolute atomic E-state index is 0.0137. The van der Waals surface area contributed by atoms with Crippen LogP contribution < -0.4 is 0 Å². The highest BCUT2D eigenvalue weighted by Gasteiger charge is 2.33. The Balaban J connectivity index is 2.78. The number of halogens is 6. The molecule has 0 radical (unpaired) electrons. The van der Waals surface area contributed by atoms with Crippen LogP contribution in [0.25, 0.3) is 11.3 Å². The van der Waals surface area contributed by atoms with Crippen LogP contribution >= 0.6 is 34.8 Å². The summed E-state index contributed by atoms with van der Waals surface area (Å²) in [6, 6.07) is 6.69. The predicted molar refractivity (Wildman–Crippen MR) is 79.0 cm³/mol. The topological polar surface area (TPSA) is 36.7 Å². The van der Waals surface area contributed by atoms with Crippen molar-refractivity contribution in [2.75, 3.05) is 0 Å². The first kappa shape index (κ1) is 16.9. The molecule has 0 aliphatic rings. The van der Waals surface area contributed by atoms with Gasteiger partial charge >= 0.3 is 6.18 Å². The van der Waals surface area contributed by atoms with Crippen molar-refractivity contribution in [2.45, 2.75) is 12.6 Å². The normalized spacial score (nSPS) is 11.3. The lowest BCUT2D eigenvalue weighted by Gasteiger charge is -2.14. The van der Waals surface area contributed by atoms with Crippen LogP contribution in [0, 0.1) is 11.3 Å². The number of rotatable bonds is 2. The third kappa shape index (κ3) is 3.30. The molecule has 0 aliphatic carbocycles. The van der Waals surface area contributed by atoms with Crippen molar-refractivity contribution in [1.82, 2.24) is 4.98 Å². The molecule has 8 heteroatoms. The zero-order valence-electron chi connectivity index (χ0n) is 10.7. The predicted octanol–water partition coefficient (Wildman–Crippen LogP) is 5.79. The molecule has 2 nitrogen and oxygen atoms in total. The molecule has 0 N–H and O–H groups in total. The lowest BCUT2D eigenvalue weighted by atomic mass is 10.0. The second kappa shape index (κ2) is 6.33. The van der Waals surface area contributed by atoms with E-state index < -0.39 is 11.9 Å². The van der Waals surface area contributed by atoms with Crippen LogP contribution in [0.15, 0.2) is 24.3 Å². The fourth-order valence-corrected chi connectivity index (χ4v) is 2.54. The molecule has 1 heterocycles. The van der Waals surface area contributed by atoms with E-state index in [0.717, 1.165) is 6.07 Å². The van der Waals surface area contributed by atoms with Gasteiger partial charge in [-0.3, -0.25) is 0 Å². The zero-order chi connectivity index (χ0) is 16.5. The molecule has 1 aromatic heterocycles. The lowest BCUT2D eigenvalue weighted by Crippen LogP contribution is -2.10. The second-order valence-corrected chi connectivity index (χ2v) is 5.45. The second-order valence-electron chi connectivity index (χ2n) is 4.26. The SMILES string of the molecule is N#CCc1ccc(C(F)(F)F)nc1-c1c(Cl)ccc(Cl)c1Cl. The molecule has 0 aliphatic heterocycles. The van der Waals surface area contributed by atoms with Gasteiger partial charge in [-0.2, -0.15) is 18.4 Å². The monoisotopic (exact) mass is 364 g/mol. The Labute approximate surface area is 139 Å². The Kier molecular flexibility index (Phi) is 4.86. The van der Waals surface area contributed by atoms with E-state index in [2.05, 4.69) is 4.98 Å². The molecule has 114 valence electrons. The Morgan fingerprint density at radius 2 is 1.68 bits per heavy atom. The third-order valence-corrected chi connectivity index (χ3v) is 3.94. The fraction of sp³-hybridized carbons (Fsp3) is 0.143. The molecule has 0 unspecified atom stereocenters. The highest BCUT2D eigenvalue weighted by Crippen LogP contribution is 2.41. The van der Waals surface area contributed by atoms with Gasteiger partial charge in [0.05, 0.1) is 33.3 Å². The summed E-state index contributed by atoms with van der Waals surface area (Å²) in [7, 11) is 0. The number of aromatic nitrogens is 1. The van der Waals surface area contributed by atoms with E-state index in [4.69, 9.17) is 40.1 Å². The first-order chi connectivity index (χ1) is 10.3. The van der Waals surface area contributed by atoms with Gasteiger partial charge in [-0.1, -0.05) is 40.9 Å². The Morgan fingerprint density at radius 1 is 1.05 bits per heavy atom. The van der Waals surface area contributed by atoms with Gasteiger partial charge < -0.3 is 0 Å². The lowest BCUT2D eigenvalue weighted by molar-refractivity contribution is -0.141. The van der Waals surface area contributed by atoms with E-state index in [1.54, 1.807) is 0 Å². The van der Waals surface area contributed by atoms with Crippen LogP contribution in [-0.2, 0) is 12.6 Å². The van der Waals surface area contributed by atoms with Gasteiger partial charge in [0, 0.05) is 5.56 Å². The maximum Gasteiger partial charge on any atom is 0.433 e. The molecular weight excluding hydrogens is 360 g/mol. The van der Waals surface area contributed by atoms with Crippen LogP contribution in [-0.4, -0.2) is 4.98 Å². The quantitative estimate of drug-likeness (QED) is 0.631. The van der Waals surface area contributed by atoms with Crippen molar-refractivity contribution >= 4 is 34.8 Å². The largest absolute Gasteiger partial charge is 0.433 e. The maximum atomic E-state index is 12.9. The van der Waals surface area contributed by atoms with Crippen LogP contribution in [0.4, 0.5) is 13.2 Å². The van der Waals surface area contributed by atoms with Crippen LogP contribution in [0.5, 0.6) is 0 Å². The number of benzene rings is 1. The average molecular weight is 366 g/mol. The molecule has 22 heavy (non-hydrogen) atoms. The van der Waals surface area contributed by atoms with Gasteiger partial charge in [0.15, 0.2) is 0 Å². The van der Waals surface area contributed by atoms with E-state index in [-0.39, 0.29) is 38.3 Å². The van der Waals surface area contributed by atoms with Gasteiger partial charge in [0.2, 0.25) is 0 Å². The number of hydrogen-bond donors (Lipinski definition) is 0. The van der Waals surface area contributed by atoms with E-state index >= 15 is 0 Å². The third-order valence-electron chi connectivity index (χ3n) is 2.82. The van der Waals surface area contributed by atoms with Crippen LogP contribution in [0.1, 0.15) is 11.3 Å². The summed E-state index contributed by atoms with van der Waals surface area (Å²) in [6.07, 6.45) is -4.77. The summed E-state index contributed by atoms with van der Waals surface area (Å²) < 4.78 is 38.6.